The van der Waals surface area contributed by atoms with Crippen molar-refractivity contribution in [1.82, 2.24) is 29.5 Å². The number of hydrogen-bond donors (Lipinski definition) is 3. The largest absolute Gasteiger partial charge is 0.388 e. The third-order valence-electron chi connectivity index (χ3n) is 4.80. The van der Waals surface area contributed by atoms with Crippen LogP contribution >= 0.6 is 0 Å². The van der Waals surface area contributed by atoms with Gasteiger partial charge < -0.3 is 20.3 Å². The summed E-state index contributed by atoms with van der Waals surface area (Å²) in [5.41, 5.74) is 5.08. The van der Waals surface area contributed by atoms with Crippen LogP contribution in [0.2, 0.25) is 0 Å². The smallest absolute Gasteiger partial charge is 0.247 e. The molecule has 0 aliphatic carbocycles. The molecule has 4 heterocycles. The number of nitrogens with zero attached hydrogens (tertiary/aromatic N) is 6. The molecule has 0 unspecified atom stereocenters. The van der Waals surface area contributed by atoms with Crippen molar-refractivity contribution in [3.05, 3.63) is 60.6 Å². The summed E-state index contributed by atoms with van der Waals surface area (Å²) in [7, 11) is 3.90. The van der Waals surface area contributed by atoms with Gasteiger partial charge in [0, 0.05) is 21.1 Å². The highest BCUT2D eigenvalue weighted by molar-refractivity contribution is 5.81. The monoisotopic (exact) mass is 402 g/mol. The molecule has 9 nitrogen and oxygen atoms in total. The zero-order valence-electron chi connectivity index (χ0n) is 16.5. The molecule has 0 atom stereocenters. The SMILES string of the molecule is CN(C)c1ccc(Nc2nc3cccc(-c4ccc5nc(CO)[nH]c5c4)n3n2)cn1.[HH]. The number of hydrogen-bond acceptors (Lipinski definition) is 7. The highest BCUT2D eigenvalue weighted by Gasteiger charge is 2.11. The first-order valence-corrected chi connectivity index (χ1v) is 9.47. The first-order valence-electron chi connectivity index (χ1n) is 9.47. The number of fused-ring (bicyclic) bond motifs is 2. The van der Waals surface area contributed by atoms with Crippen LogP contribution in [0.15, 0.2) is 54.7 Å². The number of aromatic amines is 1. The molecule has 0 saturated carbocycles. The highest BCUT2D eigenvalue weighted by Crippen LogP contribution is 2.25. The minimum Gasteiger partial charge on any atom is -0.388 e. The molecule has 3 N–H and O–H groups in total. The fraction of sp³-hybridized carbons (Fsp3) is 0.143. The van der Waals surface area contributed by atoms with Gasteiger partial charge in [-0.2, -0.15) is 4.98 Å². The maximum atomic E-state index is 9.30. The molecule has 0 aliphatic heterocycles. The molecule has 1 aromatic carbocycles. The van der Waals surface area contributed by atoms with E-state index in [4.69, 9.17) is 0 Å². The van der Waals surface area contributed by atoms with Crippen molar-refractivity contribution in [2.75, 3.05) is 24.3 Å². The molecule has 30 heavy (non-hydrogen) atoms. The molecule has 152 valence electrons. The molecule has 5 rings (SSSR count). The molecule has 0 bridgehead atoms. The Balaban J connectivity index is 0.00000231. The third kappa shape index (κ3) is 3.20. The highest BCUT2D eigenvalue weighted by atomic mass is 16.3. The first-order chi connectivity index (χ1) is 14.6. The van der Waals surface area contributed by atoms with E-state index in [1.807, 2.05) is 67.5 Å². The molecule has 0 radical (unpaired) electrons. The second-order valence-corrected chi connectivity index (χ2v) is 7.11. The van der Waals surface area contributed by atoms with Gasteiger partial charge in [0.25, 0.3) is 0 Å². The van der Waals surface area contributed by atoms with Crippen molar-refractivity contribution in [3.63, 3.8) is 0 Å². The standard InChI is InChI=1S/C21H20N8O.H2/c1-28(2)19-9-7-14(11-22-19)23-21-26-20-5-3-4-17(29(20)27-21)13-6-8-15-16(10-13)25-18(12-30)24-15;/h3-11,30H,12H2,1-2H3,(H,23,27)(H,24,25);1H. The van der Waals surface area contributed by atoms with Crippen molar-refractivity contribution in [2.24, 2.45) is 0 Å². The number of aromatic nitrogens is 6. The van der Waals surface area contributed by atoms with Crippen LogP contribution in [-0.2, 0) is 6.61 Å². The van der Waals surface area contributed by atoms with E-state index in [-0.39, 0.29) is 8.03 Å². The second-order valence-electron chi connectivity index (χ2n) is 7.11. The van der Waals surface area contributed by atoms with Crippen LogP contribution in [0.25, 0.3) is 27.9 Å². The Morgan fingerprint density at radius 3 is 2.80 bits per heavy atom. The van der Waals surface area contributed by atoms with Gasteiger partial charge in [0.1, 0.15) is 18.2 Å². The Morgan fingerprint density at radius 2 is 2.03 bits per heavy atom. The van der Waals surface area contributed by atoms with E-state index in [0.29, 0.717) is 11.8 Å². The lowest BCUT2D eigenvalue weighted by Crippen LogP contribution is -2.10. The molecule has 4 aromatic heterocycles. The molecule has 9 heteroatoms. The van der Waals surface area contributed by atoms with Gasteiger partial charge >= 0.3 is 0 Å². The summed E-state index contributed by atoms with van der Waals surface area (Å²) in [6, 6.07) is 15.6. The Hall–Kier alpha value is -3.98. The van der Waals surface area contributed by atoms with Crippen molar-refractivity contribution < 1.29 is 6.53 Å². The van der Waals surface area contributed by atoms with E-state index in [2.05, 4.69) is 30.4 Å². The van der Waals surface area contributed by atoms with E-state index < -0.39 is 0 Å². The summed E-state index contributed by atoms with van der Waals surface area (Å²) < 4.78 is 1.80. The van der Waals surface area contributed by atoms with Gasteiger partial charge in [0.05, 0.1) is 28.6 Å². The molecular weight excluding hydrogens is 380 g/mol. The molecular formula is C21H22N8O. The predicted octanol–water partition coefficient (Wildman–Crippen LogP) is 3.22. The zero-order valence-corrected chi connectivity index (χ0v) is 16.5. The van der Waals surface area contributed by atoms with Crippen LogP contribution in [-0.4, -0.2) is 48.8 Å². The number of rotatable bonds is 5. The lowest BCUT2D eigenvalue weighted by Gasteiger charge is -2.11. The van der Waals surface area contributed by atoms with Crippen LogP contribution in [0, 0.1) is 0 Å². The van der Waals surface area contributed by atoms with E-state index in [1.54, 1.807) is 10.7 Å². The number of benzene rings is 1. The van der Waals surface area contributed by atoms with Crippen LogP contribution in [0.3, 0.4) is 0 Å². The van der Waals surface area contributed by atoms with Crippen LogP contribution in [0.5, 0.6) is 0 Å². The molecule has 5 aromatic rings. The van der Waals surface area contributed by atoms with Gasteiger partial charge in [0.15, 0.2) is 5.65 Å². The maximum absolute atomic E-state index is 9.30. The normalized spacial score (nSPS) is 11.3. The quantitative estimate of drug-likeness (QED) is 0.414. The van der Waals surface area contributed by atoms with E-state index >= 15 is 0 Å². The third-order valence-corrected chi connectivity index (χ3v) is 4.80. The molecule has 0 saturated heterocycles. The first kappa shape index (κ1) is 18.1. The van der Waals surface area contributed by atoms with Crippen LogP contribution < -0.4 is 10.2 Å². The second kappa shape index (κ2) is 7.12. The summed E-state index contributed by atoms with van der Waals surface area (Å²) in [5.74, 6) is 1.91. The van der Waals surface area contributed by atoms with Gasteiger partial charge in [-0.3, -0.25) is 0 Å². The van der Waals surface area contributed by atoms with Crippen molar-refractivity contribution >= 4 is 34.1 Å². The maximum Gasteiger partial charge on any atom is 0.247 e. The number of imidazole rings is 1. The number of H-pyrrole nitrogens is 1. The lowest BCUT2D eigenvalue weighted by molar-refractivity contribution is 0.273. The number of aliphatic hydroxyl groups is 1. The zero-order chi connectivity index (χ0) is 20.7. The van der Waals surface area contributed by atoms with Crippen LogP contribution in [0.1, 0.15) is 7.25 Å². The van der Waals surface area contributed by atoms with E-state index in [9.17, 15) is 5.11 Å². The van der Waals surface area contributed by atoms with Gasteiger partial charge in [-0.1, -0.05) is 12.1 Å². The predicted molar refractivity (Wildman–Crippen MR) is 118 cm³/mol. The van der Waals surface area contributed by atoms with Crippen molar-refractivity contribution in [3.8, 4) is 11.3 Å². The topological polar surface area (TPSA) is 107 Å². The molecule has 0 aliphatic rings. The van der Waals surface area contributed by atoms with E-state index in [1.165, 1.54) is 0 Å². The van der Waals surface area contributed by atoms with Crippen LogP contribution in [0.4, 0.5) is 17.5 Å². The Morgan fingerprint density at radius 1 is 1.13 bits per heavy atom. The van der Waals surface area contributed by atoms with Gasteiger partial charge in [-0.15, -0.1) is 5.10 Å². The fourth-order valence-corrected chi connectivity index (χ4v) is 3.33. The Kier molecular flexibility index (Phi) is 4.29. The molecule has 0 spiro atoms. The minimum atomic E-state index is -0.123. The number of aliphatic hydroxyl groups excluding tert-OH is 1. The number of anilines is 3. The lowest BCUT2D eigenvalue weighted by atomic mass is 10.1. The van der Waals surface area contributed by atoms with Crippen molar-refractivity contribution in [2.45, 2.75) is 6.61 Å². The minimum absolute atomic E-state index is 0. The average molecular weight is 402 g/mol. The summed E-state index contributed by atoms with van der Waals surface area (Å²) in [6.45, 7) is -0.123. The molecule has 0 fully saturated rings. The Labute approximate surface area is 173 Å². The Bertz CT molecular complexity index is 1340. The van der Waals surface area contributed by atoms with Gasteiger partial charge in [-0.25, -0.2) is 14.5 Å². The summed E-state index contributed by atoms with van der Waals surface area (Å²) in [6.07, 6.45) is 1.76. The van der Waals surface area contributed by atoms with Crippen molar-refractivity contribution in [1.29, 1.82) is 0 Å². The van der Waals surface area contributed by atoms with Gasteiger partial charge in [0.2, 0.25) is 5.95 Å². The molecule has 0 amide bonds. The number of pyridine rings is 2. The summed E-state index contributed by atoms with van der Waals surface area (Å²) >= 11 is 0. The van der Waals surface area contributed by atoms with Gasteiger partial charge in [-0.05, 0) is 36.4 Å². The summed E-state index contributed by atoms with van der Waals surface area (Å²) in [5, 5.41) is 17.1. The average Bonchev–Trinajstić information content (AvgIpc) is 3.36. The van der Waals surface area contributed by atoms with E-state index in [0.717, 1.165) is 39.4 Å². The summed E-state index contributed by atoms with van der Waals surface area (Å²) in [4.78, 5) is 18.4. The fourth-order valence-electron chi connectivity index (χ4n) is 3.33. The number of nitrogens with one attached hydrogen (secondary N) is 2.